The van der Waals surface area contributed by atoms with Crippen LogP contribution < -0.4 is 10.6 Å². The van der Waals surface area contributed by atoms with E-state index >= 15 is 0 Å². The van der Waals surface area contributed by atoms with E-state index in [4.69, 9.17) is 28.6 Å². The number of aryl methyl sites for hydroxylation is 1. The Hall–Kier alpha value is -1.70. The molecule has 0 aromatic carbocycles. The maximum Gasteiger partial charge on any atom is 0.341 e. The Morgan fingerprint density at radius 1 is 1.35 bits per heavy atom. The van der Waals surface area contributed by atoms with Gasteiger partial charge in [-0.25, -0.2) is 9.78 Å². The second-order valence-corrected chi connectivity index (χ2v) is 7.78. The molecule has 138 valence electrons. The fourth-order valence-electron chi connectivity index (χ4n) is 2.99. The number of anilines is 2. The van der Waals surface area contributed by atoms with Crippen molar-refractivity contribution < 1.29 is 9.53 Å². The number of carbonyl (C=O) groups is 1. The highest BCUT2D eigenvalue weighted by Gasteiger charge is 2.26. The average Bonchev–Trinajstić information content (AvgIpc) is 2.78. The van der Waals surface area contributed by atoms with Crippen LogP contribution in [0.1, 0.15) is 47.0 Å². The average molecular weight is 410 g/mol. The number of nitrogens with one attached hydrogen (secondary N) is 2. The maximum atomic E-state index is 12.6. The molecule has 26 heavy (non-hydrogen) atoms. The third-order valence-corrected chi connectivity index (χ3v) is 5.85. The molecule has 2 N–H and O–H groups in total. The van der Waals surface area contributed by atoms with Gasteiger partial charge in [0.05, 0.1) is 17.9 Å². The van der Waals surface area contributed by atoms with Crippen molar-refractivity contribution in [1.82, 2.24) is 4.98 Å². The summed E-state index contributed by atoms with van der Waals surface area (Å²) in [5.41, 5.74) is 2.34. The zero-order chi connectivity index (χ0) is 18.5. The smallest absolute Gasteiger partial charge is 0.341 e. The highest BCUT2D eigenvalue weighted by Crippen LogP contribution is 2.38. The monoisotopic (exact) mass is 409 g/mol. The van der Waals surface area contributed by atoms with Gasteiger partial charge in [-0.05, 0) is 62.5 Å². The summed E-state index contributed by atoms with van der Waals surface area (Å²) in [4.78, 5) is 17.8. The second kappa shape index (κ2) is 8.79. The first-order valence-corrected chi connectivity index (χ1v) is 10.2. The first kappa shape index (κ1) is 19.1. The molecule has 1 aliphatic carbocycles. The third kappa shape index (κ3) is 4.34. The molecule has 2 aromatic rings. The molecule has 0 radical (unpaired) electrons. The highest BCUT2D eigenvalue weighted by molar-refractivity contribution is 7.80. The highest BCUT2D eigenvalue weighted by atomic mass is 35.5. The maximum absolute atomic E-state index is 12.6. The number of aromatic nitrogens is 1. The Morgan fingerprint density at radius 2 is 2.15 bits per heavy atom. The molecule has 0 fully saturated rings. The third-order valence-electron chi connectivity index (χ3n) is 4.14. The molecule has 0 bridgehead atoms. The number of pyridine rings is 1. The summed E-state index contributed by atoms with van der Waals surface area (Å²) in [6.45, 7) is 2.16. The van der Waals surface area contributed by atoms with E-state index in [0.29, 0.717) is 28.1 Å². The van der Waals surface area contributed by atoms with Crippen molar-refractivity contribution in [2.24, 2.45) is 0 Å². The normalized spacial score (nSPS) is 13.5. The predicted octanol–water partition coefficient (Wildman–Crippen LogP) is 5.05. The van der Waals surface area contributed by atoms with Crippen LogP contribution in [0.5, 0.6) is 0 Å². The van der Waals surface area contributed by atoms with Crippen molar-refractivity contribution in [3.05, 3.63) is 39.5 Å². The van der Waals surface area contributed by atoms with E-state index in [1.54, 1.807) is 29.7 Å². The van der Waals surface area contributed by atoms with E-state index in [2.05, 4.69) is 15.6 Å². The Balaban J connectivity index is 1.85. The van der Waals surface area contributed by atoms with Crippen LogP contribution in [-0.2, 0) is 17.6 Å². The Labute approximate surface area is 167 Å². The molecule has 0 unspecified atom stereocenters. The van der Waals surface area contributed by atoms with Gasteiger partial charge >= 0.3 is 5.97 Å². The lowest BCUT2D eigenvalue weighted by Crippen LogP contribution is -2.20. The number of hydrogen-bond donors (Lipinski definition) is 2. The molecule has 2 heterocycles. The quantitative estimate of drug-likeness (QED) is 0.319. The van der Waals surface area contributed by atoms with Crippen molar-refractivity contribution in [3.8, 4) is 0 Å². The Morgan fingerprint density at radius 3 is 2.92 bits per heavy atom. The largest absolute Gasteiger partial charge is 0.462 e. The lowest BCUT2D eigenvalue weighted by Gasteiger charge is -2.12. The van der Waals surface area contributed by atoms with Crippen LogP contribution in [0.4, 0.5) is 10.7 Å². The van der Waals surface area contributed by atoms with Crippen LogP contribution in [0.3, 0.4) is 0 Å². The number of thiophene rings is 1. The summed E-state index contributed by atoms with van der Waals surface area (Å²) in [5, 5.41) is 7.61. The van der Waals surface area contributed by atoms with Crippen LogP contribution in [0.15, 0.2) is 18.3 Å². The van der Waals surface area contributed by atoms with E-state index in [1.165, 1.54) is 11.3 Å². The van der Waals surface area contributed by atoms with Gasteiger partial charge in [-0.1, -0.05) is 18.0 Å². The van der Waals surface area contributed by atoms with Gasteiger partial charge in [-0.3, -0.25) is 0 Å². The van der Waals surface area contributed by atoms with Crippen molar-refractivity contribution in [3.63, 3.8) is 0 Å². The summed E-state index contributed by atoms with van der Waals surface area (Å²) in [5.74, 6) is -0.295. The number of ether oxygens (including phenoxy) is 1. The molecular formula is C18H20ClN3O2S2. The molecule has 3 rings (SSSR count). The minimum Gasteiger partial charge on any atom is -0.462 e. The topological polar surface area (TPSA) is 63.2 Å². The number of esters is 1. The molecule has 0 spiro atoms. The standard InChI is InChI=1S/C18H20ClN3O2S2/c1-2-24-17(23)14-11-7-4-3-5-9-13(11)26-16(14)22-18(25)21-12-8-6-10-20-15(12)19/h6,8,10H,2-5,7,9H2,1H3,(H2,21,22,25). The fourth-order valence-corrected chi connectivity index (χ4v) is 4.71. The minimum absolute atomic E-state index is 0.295. The first-order chi connectivity index (χ1) is 12.6. The van der Waals surface area contributed by atoms with E-state index in [9.17, 15) is 4.79 Å². The molecule has 0 saturated heterocycles. The SMILES string of the molecule is CCOC(=O)c1c(NC(=S)Nc2cccnc2Cl)sc2c1CCCCC2. The summed E-state index contributed by atoms with van der Waals surface area (Å²) in [7, 11) is 0. The van der Waals surface area contributed by atoms with Gasteiger partial charge in [0.2, 0.25) is 0 Å². The lowest BCUT2D eigenvalue weighted by molar-refractivity contribution is 0.0527. The number of halogens is 1. The van der Waals surface area contributed by atoms with Gasteiger partial charge in [-0.2, -0.15) is 0 Å². The van der Waals surface area contributed by atoms with Crippen molar-refractivity contribution in [2.75, 3.05) is 17.2 Å². The molecule has 8 heteroatoms. The first-order valence-electron chi connectivity index (χ1n) is 8.60. The predicted molar refractivity (Wildman–Crippen MR) is 111 cm³/mol. The van der Waals surface area contributed by atoms with Crippen LogP contribution in [0.25, 0.3) is 0 Å². The Bertz CT molecular complexity index is 823. The van der Waals surface area contributed by atoms with Crippen molar-refractivity contribution in [1.29, 1.82) is 0 Å². The van der Waals surface area contributed by atoms with Crippen molar-refractivity contribution >= 4 is 56.9 Å². The van der Waals surface area contributed by atoms with E-state index in [-0.39, 0.29) is 5.97 Å². The number of nitrogens with zero attached hydrogens (tertiary/aromatic N) is 1. The van der Waals surface area contributed by atoms with Crippen LogP contribution in [0, 0.1) is 0 Å². The summed E-state index contributed by atoms with van der Waals surface area (Å²) in [6.07, 6.45) is 6.91. The summed E-state index contributed by atoms with van der Waals surface area (Å²) >= 11 is 13.0. The molecule has 2 aromatic heterocycles. The zero-order valence-electron chi connectivity index (χ0n) is 14.4. The van der Waals surface area contributed by atoms with E-state index in [1.807, 2.05) is 6.92 Å². The Kier molecular flexibility index (Phi) is 6.45. The second-order valence-electron chi connectivity index (χ2n) is 5.91. The number of thiocarbonyl (C=S) groups is 1. The van der Waals surface area contributed by atoms with Crippen LogP contribution >= 0.6 is 35.2 Å². The number of hydrogen-bond acceptors (Lipinski definition) is 5. The summed E-state index contributed by atoms with van der Waals surface area (Å²) < 4.78 is 5.29. The van der Waals surface area contributed by atoms with Gasteiger partial charge in [-0.15, -0.1) is 11.3 Å². The summed E-state index contributed by atoms with van der Waals surface area (Å²) in [6, 6.07) is 3.56. The zero-order valence-corrected chi connectivity index (χ0v) is 16.8. The fraction of sp³-hybridized carbons (Fsp3) is 0.389. The van der Waals surface area contributed by atoms with Gasteiger partial charge in [0.25, 0.3) is 0 Å². The van der Waals surface area contributed by atoms with Crippen LogP contribution in [-0.4, -0.2) is 22.7 Å². The minimum atomic E-state index is -0.295. The molecule has 0 amide bonds. The van der Waals surface area contributed by atoms with Crippen LogP contribution in [0.2, 0.25) is 5.15 Å². The van der Waals surface area contributed by atoms with Gasteiger partial charge in [0, 0.05) is 11.1 Å². The van der Waals surface area contributed by atoms with E-state index < -0.39 is 0 Å². The molecule has 0 saturated carbocycles. The molecule has 0 aliphatic heterocycles. The molecular weight excluding hydrogens is 390 g/mol. The molecule has 5 nitrogen and oxygen atoms in total. The molecule has 1 aliphatic rings. The number of rotatable bonds is 4. The number of carbonyl (C=O) groups excluding carboxylic acids is 1. The van der Waals surface area contributed by atoms with Gasteiger partial charge in [0.15, 0.2) is 10.3 Å². The molecule has 0 atom stereocenters. The van der Waals surface area contributed by atoms with Gasteiger partial charge in [0.1, 0.15) is 5.00 Å². The number of fused-ring (bicyclic) bond motifs is 1. The van der Waals surface area contributed by atoms with E-state index in [0.717, 1.165) is 36.2 Å². The van der Waals surface area contributed by atoms with Gasteiger partial charge < -0.3 is 15.4 Å². The lowest BCUT2D eigenvalue weighted by atomic mass is 10.1. The van der Waals surface area contributed by atoms with Crippen molar-refractivity contribution in [2.45, 2.75) is 39.0 Å².